The van der Waals surface area contributed by atoms with Crippen molar-refractivity contribution in [2.75, 3.05) is 0 Å². The normalized spacial score (nSPS) is 13.0. The van der Waals surface area contributed by atoms with E-state index in [9.17, 15) is 8.78 Å². The smallest absolute Gasteiger partial charge is 0.129 e. The average molecular weight is 255 g/mol. The predicted molar refractivity (Wildman–Crippen MR) is 71.6 cm³/mol. The Hall–Kier alpha value is -0.960. The van der Waals surface area contributed by atoms with Crippen LogP contribution in [0, 0.1) is 11.6 Å². The van der Waals surface area contributed by atoms with Crippen molar-refractivity contribution in [1.82, 2.24) is 5.32 Å². The van der Waals surface area contributed by atoms with E-state index in [0.29, 0.717) is 12.5 Å². The molecule has 0 saturated heterocycles. The second kappa shape index (κ2) is 7.47. The van der Waals surface area contributed by atoms with E-state index in [4.69, 9.17) is 0 Å². The van der Waals surface area contributed by atoms with Gasteiger partial charge in [-0.25, -0.2) is 8.78 Å². The van der Waals surface area contributed by atoms with Gasteiger partial charge in [-0.15, -0.1) is 0 Å². The van der Waals surface area contributed by atoms with Crippen LogP contribution in [0.1, 0.15) is 45.6 Å². The maximum atomic E-state index is 13.6. The Morgan fingerprint density at radius 2 is 1.78 bits per heavy atom. The van der Waals surface area contributed by atoms with E-state index in [1.54, 1.807) is 0 Å². The highest BCUT2D eigenvalue weighted by atomic mass is 19.1. The second-order valence-electron chi connectivity index (χ2n) is 5.06. The number of halogens is 2. The van der Waals surface area contributed by atoms with E-state index in [2.05, 4.69) is 26.1 Å². The SMILES string of the molecule is CCCCC(Cc1c(F)cccc1F)NC(C)C. The summed E-state index contributed by atoms with van der Waals surface area (Å²) < 4.78 is 27.2. The second-order valence-corrected chi connectivity index (χ2v) is 5.06. The highest BCUT2D eigenvalue weighted by Gasteiger charge is 2.16. The van der Waals surface area contributed by atoms with Crippen LogP contribution in [0.4, 0.5) is 8.78 Å². The molecular formula is C15H23F2N. The van der Waals surface area contributed by atoms with Gasteiger partial charge in [0.05, 0.1) is 0 Å². The fraction of sp³-hybridized carbons (Fsp3) is 0.600. The monoisotopic (exact) mass is 255 g/mol. The Balaban J connectivity index is 2.75. The highest BCUT2D eigenvalue weighted by Crippen LogP contribution is 2.16. The molecule has 0 aromatic heterocycles. The first-order valence-electron chi connectivity index (χ1n) is 6.73. The molecule has 1 nitrogen and oxygen atoms in total. The maximum absolute atomic E-state index is 13.6. The fourth-order valence-corrected chi connectivity index (χ4v) is 2.14. The topological polar surface area (TPSA) is 12.0 Å². The van der Waals surface area contributed by atoms with Gasteiger partial charge in [0, 0.05) is 17.6 Å². The number of hydrogen-bond donors (Lipinski definition) is 1. The van der Waals surface area contributed by atoms with Crippen LogP contribution in [0.25, 0.3) is 0 Å². The number of hydrogen-bond acceptors (Lipinski definition) is 1. The van der Waals surface area contributed by atoms with Crippen LogP contribution in [0.5, 0.6) is 0 Å². The van der Waals surface area contributed by atoms with Crippen molar-refractivity contribution < 1.29 is 8.78 Å². The average Bonchev–Trinajstić information content (AvgIpc) is 2.30. The van der Waals surface area contributed by atoms with Gasteiger partial charge in [0.1, 0.15) is 11.6 Å². The van der Waals surface area contributed by atoms with Crippen molar-refractivity contribution in [1.29, 1.82) is 0 Å². The van der Waals surface area contributed by atoms with Crippen LogP contribution in [0.15, 0.2) is 18.2 Å². The lowest BCUT2D eigenvalue weighted by molar-refractivity contribution is 0.412. The van der Waals surface area contributed by atoms with Crippen LogP contribution in [0.2, 0.25) is 0 Å². The molecule has 3 heteroatoms. The zero-order valence-electron chi connectivity index (χ0n) is 11.5. The Bertz CT molecular complexity index is 343. The zero-order valence-corrected chi connectivity index (χ0v) is 11.5. The van der Waals surface area contributed by atoms with Gasteiger partial charge in [-0.05, 0) is 25.0 Å². The first-order valence-corrected chi connectivity index (χ1v) is 6.73. The summed E-state index contributed by atoms with van der Waals surface area (Å²) >= 11 is 0. The summed E-state index contributed by atoms with van der Waals surface area (Å²) in [7, 11) is 0. The number of unbranched alkanes of at least 4 members (excludes halogenated alkanes) is 1. The van der Waals surface area contributed by atoms with Crippen molar-refractivity contribution in [3.8, 4) is 0 Å². The lowest BCUT2D eigenvalue weighted by atomic mass is 9.99. The molecule has 0 bridgehead atoms. The molecule has 1 aromatic rings. The van der Waals surface area contributed by atoms with Gasteiger partial charge in [-0.2, -0.15) is 0 Å². The number of rotatable bonds is 7. The first kappa shape index (κ1) is 15.1. The molecule has 1 N–H and O–H groups in total. The summed E-state index contributed by atoms with van der Waals surface area (Å²) in [5, 5.41) is 3.38. The molecule has 0 aliphatic carbocycles. The third-order valence-electron chi connectivity index (χ3n) is 2.99. The van der Waals surface area contributed by atoms with Gasteiger partial charge in [0.15, 0.2) is 0 Å². The molecule has 1 atom stereocenters. The molecule has 0 fully saturated rings. The number of benzene rings is 1. The summed E-state index contributed by atoms with van der Waals surface area (Å²) in [5.74, 6) is -0.885. The molecule has 0 aliphatic heterocycles. The van der Waals surface area contributed by atoms with Crippen molar-refractivity contribution in [2.24, 2.45) is 0 Å². The molecule has 1 aromatic carbocycles. The van der Waals surface area contributed by atoms with Crippen molar-refractivity contribution >= 4 is 0 Å². The Kier molecular flexibility index (Phi) is 6.27. The minimum atomic E-state index is -0.443. The van der Waals surface area contributed by atoms with Crippen LogP contribution in [-0.2, 0) is 6.42 Å². The van der Waals surface area contributed by atoms with Gasteiger partial charge in [0.25, 0.3) is 0 Å². The summed E-state index contributed by atoms with van der Waals surface area (Å²) in [5.41, 5.74) is 0.201. The molecule has 102 valence electrons. The van der Waals surface area contributed by atoms with E-state index < -0.39 is 11.6 Å². The maximum Gasteiger partial charge on any atom is 0.129 e. The standard InChI is InChI=1S/C15H23F2N/c1-4-5-7-12(18-11(2)3)10-13-14(16)8-6-9-15(13)17/h6,8-9,11-12,18H,4-5,7,10H2,1-3H3. The summed E-state index contributed by atoms with van der Waals surface area (Å²) in [6, 6.07) is 4.51. The summed E-state index contributed by atoms with van der Waals surface area (Å²) in [4.78, 5) is 0. The van der Waals surface area contributed by atoms with Crippen LogP contribution in [-0.4, -0.2) is 12.1 Å². The van der Waals surface area contributed by atoms with Crippen molar-refractivity contribution in [3.63, 3.8) is 0 Å². The van der Waals surface area contributed by atoms with E-state index >= 15 is 0 Å². The minimum Gasteiger partial charge on any atom is -0.311 e. The van der Waals surface area contributed by atoms with Crippen molar-refractivity contribution in [2.45, 2.75) is 58.5 Å². The Morgan fingerprint density at radius 1 is 1.17 bits per heavy atom. The lowest BCUT2D eigenvalue weighted by Crippen LogP contribution is -2.36. The molecule has 0 radical (unpaired) electrons. The zero-order chi connectivity index (χ0) is 13.5. The Morgan fingerprint density at radius 3 is 2.28 bits per heavy atom. The minimum absolute atomic E-state index is 0.136. The summed E-state index contributed by atoms with van der Waals surface area (Å²) in [6.45, 7) is 6.23. The molecule has 0 heterocycles. The molecular weight excluding hydrogens is 232 g/mol. The van der Waals surface area contributed by atoms with Crippen LogP contribution >= 0.6 is 0 Å². The number of nitrogens with one attached hydrogen (secondary N) is 1. The Labute approximate surface area is 109 Å². The van der Waals surface area contributed by atoms with Gasteiger partial charge < -0.3 is 5.32 Å². The van der Waals surface area contributed by atoms with Crippen molar-refractivity contribution in [3.05, 3.63) is 35.4 Å². The highest BCUT2D eigenvalue weighted by molar-refractivity contribution is 5.20. The third kappa shape index (κ3) is 4.73. The van der Waals surface area contributed by atoms with E-state index in [-0.39, 0.29) is 11.6 Å². The van der Waals surface area contributed by atoms with Crippen LogP contribution < -0.4 is 5.32 Å². The molecule has 1 unspecified atom stereocenters. The van der Waals surface area contributed by atoms with Gasteiger partial charge >= 0.3 is 0 Å². The summed E-state index contributed by atoms with van der Waals surface area (Å²) in [6.07, 6.45) is 3.52. The fourth-order valence-electron chi connectivity index (χ4n) is 2.14. The quantitative estimate of drug-likeness (QED) is 0.774. The molecule has 0 spiro atoms. The van der Waals surface area contributed by atoms with Gasteiger partial charge in [-0.3, -0.25) is 0 Å². The molecule has 0 aliphatic rings. The first-order chi connectivity index (χ1) is 8.54. The molecule has 18 heavy (non-hydrogen) atoms. The lowest BCUT2D eigenvalue weighted by Gasteiger charge is -2.21. The van der Waals surface area contributed by atoms with E-state index in [1.807, 2.05) is 0 Å². The van der Waals surface area contributed by atoms with E-state index in [0.717, 1.165) is 19.3 Å². The molecule has 0 amide bonds. The van der Waals surface area contributed by atoms with Gasteiger partial charge in [0.2, 0.25) is 0 Å². The predicted octanol–water partition coefficient (Wildman–Crippen LogP) is 4.06. The van der Waals surface area contributed by atoms with Crippen LogP contribution in [0.3, 0.4) is 0 Å². The molecule has 0 saturated carbocycles. The largest absolute Gasteiger partial charge is 0.311 e. The molecule has 1 rings (SSSR count). The third-order valence-corrected chi connectivity index (χ3v) is 2.99. The van der Waals surface area contributed by atoms with Gasteiger partial charge in [-0.1, -0.05) is 39.7 Å². The van der Waals surface area contributed by atoms with E-state index in [1.165, 1.54) is 18.2 Å².